The van der Waals surface area contributed by atoms with E-state index in [1.165, 1.54) is 7.11 Å². The van der Waals surface area contributed by atoms with E-state index in [-0.39, 0.29) is 5.97 Å². The van der Waals surface area contributed by atoms with Gasteiger partial charge in [0, 0.05) is 11.0 Å². The van der Waals surface area contributed by atoms with Crippen molar-refractivity contribution in [1.29, 1.82) is 0 Å². The van der Waals surface area contributed by atoms with Crippen molar-refractivity contribution < 1.29 is 19.4 Å². The number of methoxy groups -OCH3 is 1. The molecule has 0 amide bonds. The smallest absolute Gasteiger partial charge is 0.337 e. The Bertz CT molecular complexity index is 532. The minimum atomic E-state index is -0.773. The molecule has 0 radical (unpaired) electrons. The molecule has 1 saturated heterocycles. The van der Waals surface area contributed by atoms with Crippen LogP contribution in [0.1, 0.15) is 28.8 Å². The van der Waals surface area contributed by atoms with Crippen LogP contribution in [0.2, 0.25) is 0 Å². The zero-order valence-electron chi connectivity index (χ0n) is 11.1. The first-order valence-electron chi connectivity index (χ1n) is 6.36. The van der Waals surface area contributed by atoms with Crippen LogP contribution >= 0.6 is 15.9 Å². The molecule has 0 saturated carbocycles. The zero-order chi connectivity index (χ0) is 14.7. The van der Waals surface area contributed by atoms with E-state index in [2.05, 4.69) is 20.7 Å². The van der Waals surface area contributed by atoms with Crippen LogP contribution in [0, 0.1) is 0 Å². The predicted octanol–water partition coefficient (Wildman–Crippen LogP) is 2.28. The highest BCUT2D eigenvalue weighted by Gasteiger charge is 2.30. The highest BCUT2D eigenvalue weighted by molar-refractivity contribution is 9.10. The topological polar surface area (TPSA) is 66.8 Å². The Morgan fingerprint density at radius 1 is 1.50 bits per heavy atom. The lowest BCUT2D eigenvalue weighted by Crippen LogP contribution is -2.35. The summed E-state index contributed by atoms with van der Waals surface area (Å²) in [5.74, 6) is -1.16. The maximum Gasteiger partial charge on any atom is 0.337 e. The van der Waals surface area contributed by atoms with Crippen molar-refractivity contribution in [1.82, 2.24) is 4.90 Å². The number of carbonyl (C=O) groups excluding carboxylic acids is 1. The zero-order valence-corrected chi connectivity index (χ0v) is 12.7. The maximum absolute atomic E-state index is 11.4. The van der Waals surface area contributed by atoms with Gasteiger partial charge in [0.1, 0.15) is 6.04 Å². The molecule has 1 aromatic rings. The predicted molar refractivity (Wildman–Crippen MR) is 76.5 cm³/mol. The first-order chi connectivity index (χ1) is 9.52. The van der Waals surface area contributed by atoms with Gasteiger partial charge >= 0.3 is 11.9 Å². The third-order valence-corrected chi connectivity index (χ3v) is 4.23. The van der Waals surface area contributed by atoms with Crippen molar-refractivity contribution in [3.05, 3.63) is 33.8 Å². The molecule has 1 N–H and O–H groups in total. The van der Waals surface area contributed by atoms with Crippen LogP contribution in [0.5, 0.6) is 0 Å². The first kappa shape index (κ1) is 15.0. The number of benzene rings is 1. The van der Waals surface area contributed by atoms with Gasteiger partial charge in [-0.15, -0.1) is 0 Å². The Balaban J connectivity index is 2.14. The van der Waals surface area contributed by atoms with Crippen molar-refractivity contribution >= 4 is 27.9 Å². The molecule has 20 heavy (non-hydrogen) atoms. The van der Waals surface area contributed by atoms with Gasteiger partial charge in [0.15, 0.2) is 0 Å². The second-order valence-corrected chi connectivity index (χ2v) is 5.62. The molecule has 0 unspecified atom stereocenters. The van der Waals surface area contributed by atoms with Gasteiger partial charge in [0.2, 0.25) is 0 Å². The Kier molecular flexibility index (Phi) is 4.77. The molecule has 108 valence electrons. The number of aliphatic carboxylic acids is 1. The minimum absolute atomic E-state index is 0.387. The fourth-order valence-electron chi connectivity index (χ4n) is 2.43. The monoisotopic (exact) mass is 341 g/mol. The van der Waals surface area contributed by atoms with Gasteiger partial charge < -0.3 is 9.84 Å². The summed E-state index contributed by atoms with van der Waals surface area (Å²) < 4.78 is 5.45. The molecular formula is C14H16BrNO4. The summed E-state index contributed by atoms with van der Waals surface area (Å²) in [5, 5.41) is 9.17. The number of nitrogens with zero attached hydrogens (tertiary/aromatic N) is 1. The van der Waals surface area contributed by atoms with Gasteiger partial charge in [0.25, 0.3) is 0 Å². The van der Waals surface area contributed by atoms with Gasteiger partial charge in [-0.05, 0) is 37.1 Å². The fraction of sp³-hybridized carbons (Fsp3) is 0.429. The van der Waals surface area contributed by atoms with Gasteiger partial charge in [0.05, 0.1) is 12.7 Å². The molecule has 1 aromatic carbocycles. The van der Waals surface area contributed by atoms with E-state index in [4.69, 9.17) is 5.11 Å². The summed E-state index contributed by atoms with van der Waals surface area (Å²) in [7, 11) is 1.34. The van der Waals surface area contributed by atoms with Gasteiger partial charge in [-0.3, -0.25) is 9.69 Å². The molecule has 1 heterocycles. The van der Waals surface area contributed by atoms with Crippen molar-refractivity contribution in [3.8, 4) is 0 Å². The molecule has 1 aliphatic heterocycles. The molecule has 1 fully saturated rings. The summed E-state index contributed by atoms with van der Waals surface area (Å²) in [6.45, 7) is 1.33. The van der Waals surface area contributed by atoms with Crippen LogP contribution in [-0.2, 0) is 16.1 Å². The molecular weight excluding hydrogens is 326 g/mol. The van der Waals surface area contributed by atoms with Crippen LogP contribution in [0.4, 0.5) is 0 Å². The van der Waals surface area contributed by atoms with E-state index in [0.29, 0.717) is 18.5 Å². The summed E-state index contributed by atoms with van der Waals surface area (Å²) in [5.41, 5.74) is 1.44. The SMILES string of the molecule is COC(=O)c1ccc(CN2CCC[C@H]2C(=O)O)c(Br)c1. The number of likely N-dealkylation sites (tertiary alicyclic amines) is 1. The van der Waals surface area contributed by atoms with E-state index >= 15 is 0 Å². The average molecular weight is 342 g/mol. The van der Waals surface area contributed by atoms with Crippen LogP contribution in [-0.4, -0.2) is 41.6 Å². The standard InChI is InChI=1S/C14H16BrNO4/c1-20-14(19)9-4-5-10(11(15)7-9)8-16-6-2-3-12(16)13(17)18/h4-5,7,12H,2-3,6,8H2,1H3,(H,17,18)/t12-/m0/s1. The summed E-state index contributed by atoms with van der Waals surface area (Å²) in [6, 6.07) is 4.81. The lowest BCUT2D eigenvalue weighted by atomic mass is 10.1. The normalized spacial score (nSPS) is 19.0. The third-order valence-electron chi connectivity index (χ3n) is 3.50. The minimum Gasteiger partial charge on any atom is -0.480 e. The van der Waals surface area contributed by atoms with Crippen LogP contribution < -0.4 is 0 Å². The molecule has 0 bridgehead atoms. The number of carboxylic acids is 1. The van der Waals surface area contributed by atoms with Crippen LogP contribution in [0.25, 0.3) is 0 Å². The molecule has 1 atom stereocenters. The number of hydrogen-bond donors (Lipinski definition) is 1. The van der Waals surface area contributed by atoms with Crippen LogP contribution in [0.3, 0.4) is 0 Å². The number of hydrogen-bond acceptors (Lipinski definition) is 4. The summed E-state index contributed by atoms with van der Waals surface area (Å²) >= 11 is 3.43. The lowest BCUT2D eigenvalue weighted by molar-refractivity contribution is -0.142. The van der Waals surface area contributed by atoms with E-state index in [9.17, 15) is 9.59 Å². The number of rotatable bonds is 4. The third kappa shape index (κ3) is 3.19. The number of halogens is 1. The van der Waals surface area contributed by atoms with Crippen molar-refractivity contribution in [2.75, 3.05) is 13.7 Å². The number of ether oxygens (including phenoxy) is 1. The molecule has 5 nitrogen and oxygen atoms in total. The van der Waals surface area contributed by atoms with Crippen molar-refractivity contribution in [2.45, 2.75) is 25.4 Å². The highest BCUT2D eigenvalue weighted by atomic mass is 79.9. The van der Waals surface area contributed by atoms with Crippen LogP contribution in [0.15, 0.2) is 22.7 Å². The van der Waals surface area contributed by atoms with E-state index < -0.39 is 12.0 Å². The molecule has 0 aromatic heterocycles. The van der Waals surface area contributed by atoms with Gasteiger partial charge in [-0.2, -0.15) is 0 Å². The summed E-state index contributed by atoms with van der Waals surface area (Å²) in [4.78, 5) is 24.5. The summed E-state index contributed by atoms with van der Waals surface area (Å²) in [6.07, 6.45) is 1.59. The van der Waals surface area contributed by atoms with Gasteiger partial charge in [-0.25, -0.2) is 4.79 Å². The van der Waals surface area contributed by atoms with E-state index in [0.717, 1.165) is 23.0 Å². The Morgan fingerprint density at radius 3 is 2.85 bits per heavy atom. The fourth-order valence-corrected chi connectivity index (χ4v) is 2.94. The molecule has 6 heteroatoms. The van der Waals surface area contributed by atoms with Crippen molar-refractivity contribution in [2.24, 2.45) is 0 Å². The second kappa shape index (κ2) is 6.37. The van der Waals surface area contributed by atoms with E-state index in [1.54, 1.807) is 12.1 Å². The largest absolute Gasteiger partial charge is 0.480 e. The number of carbonyl (C=O) groups is 2. The van der Waals surface area contributed by atoms with Crippen molar-refractivity contribution in [3.63, 3.8) is 0 Å². The lowest BCUT2D eigenvalue weighted by Gasteiger charge is -2.21. The molecule has 0 spiro atoms. The molecule has 0 aliphatic carbocycles. The Labute approximate surface area is 125 Å². The second-order valence-electron chi connectivity index (χ2n) is 4.76. The molecule has 2 rings (SSSR count). The average Bonchev–Trinajstić information content (AvgIpc) is 2.88. The number of carboxylic acid groups (broad SMARTS) is 1. The highest BCUT2D eigenvalue weighted by Crippen LogP contribution is 2.25. The quantitative estimate of drug-likeness (QED) is 0.851. The first-order valence-corrected chi connectivity index (χ1v) is 7.16. The Hall–Kier alpha value is -1.40. The maximum atomic E-state index is 11.4. The van der Waals surface area contributed by atoms with Gasteiger partial charge in [-0.1, -0.05) is 22.0 Å². The molecule has 1 aliphatic rings. The number of esters is 1. The van der Waals surface area contributed by atoms with E-state index in [1.807, 2.05) is 11.0 Å². The Morgan fingerprint density at radius 2 is 2.25 bits per heavy atom.